The number of amides is 1. The number of halogens is 1. The molecule has 0 saturated carbocycles. The van der Waals surface area contributed by atoms with E-state index < -0.39 is 5.92 Å². The molecule has 0 radical (unpaired) electrons. The van der Waals surface area contributed by atoms with E-state index in [2.05, 4.69) is 9.98 Å². The first-order valence-corrected chi connectivity index (χ1v) is 5.61. The van der Waals surface area contributed by atoms with Crippen LogP contribution in [0.2, 0.25) is 0 Å². The number of allylic oxidation sites excluding steroid dienone is 3. The molecule has 0 spiro atoms. The molecule has 3 nitrogen and oxygen atoms in total. The number of thioether (sulfide) groups is 1. The molecule has 0 bridgehead atoms. The Labute approximate surface area is 90.6 Å². The number of aliphatic imine (C=N–C) groups is 2. The van der Waals surface area contributed by atoms with Gasteiger partial charge >= 0.3 is 0 Å². The molecule has 2 rings (SSSR count). The van der Waals surface area contributed by atoms with Crippen LogP contribution in [-0.2, 0) is 4.79 Å². The van der Waals surface area contributed by atoms with E-state index in [1.54, 1.807) is 18.2 Å². The van der Waals surface area contributed by atoms with Crippen molar-refractivity contribution in [2.75, 3.05) is 6.26 Å². The van der Waals surface area contributed by atoms with Crippen molar-refractivity contribution in [2.45, 2.75) is 0 Å². The van der Waals surface area contributed by atoms with E-state index in [9.17, 15) is 4.79 Å². The summed E-state index contributed by atoms with van der Waals surface area (Å²) in [5.41, 5.74) is 0.682. The predicted octanol–water partition coefficient (Wildman–Crippen LogP) is 2.00. The summed E-state index contributed by atoms with van der Waals surface area (Å²) in [5, 5.41) is 0.984. The third-order valence-corrected chi connectivity index (χ3v) is 2.85. The fourth-order valence-corrected chi connectivity index (χ4v) is 1.96. The maximum atomic E-state index is 11.6. The molecule has 0 fully saturated rings. The zero-order chi connectivity index (χ0) is 10.1. The monoisotopic (exact) mass is 226 g/mol. The number of nitrogens with zero attached hydrogens (tertiary/aromatic N) is 2. The molecule has 2 aliphatic rings. The van der Waals surface area contributed by atoms with Gasteiger partial charge in [0, 0.05) is 5.03 Å². The van der Waals surface area contributed by atoms with E-state index in [1.165, 1.54) is 11.8 Å². The average Bonchev–Trinajstić information content (AvgIpc) is 2.17. The molecule has 0 N–H and O–H groups in total. The summed E-state index contributed by atoms with van der Waals surface area (Å²) >= 11 is 7.26. The first-order valence-electron chi connectivity index (χ1n) is 4.01. The lowest BCUT2D eigenvalue weighted by Crippen LogP contribution is -2.28. The molecule has 0 aromatic rings. The van der Waals surface area contributed by atoms with Crippen LogP contribution in [0.1, 0.15) is 0 Å². The number of carbonyl (C=O) groups excluding carboxylic acids is 1. The van der Waals surface area contributed by atoms with Crippen molar-refractivity contribution in [3.63, 3.8) is 0 Å². The minimum absolute atomic E-state index is 0.232. The van der Waals surface area contributed by atoms with E-state index in [0.717, 1.165) is 0 Å². The van der Waals surface area contributed by atoms with Crippen LogP contribution in [0.15, 0.2) is 33.2 Å². The Hall–Kier alpha value is -0.870. The van der Waals surface area contributed by atoms with Crippen LogP contribution < -0.4 is 0 Å². The van der Waals surface area contributed by atoms with E-state index >= 15 is 0 Å². The summed E-state index contributed by atoms with van der Waals surface area (Å²) in [6.45, 7) is 0. The average molecular weight is 227 g/mol. The molecule has 1 heterocycles. The lowest BCUT2D eigenvalue weighted by molar-refractivity contribution is -0.118. The first-order chi connectivity index (χ1) is 6.72. The molecule has 0 saturated heterocycles. The van der Waals surface area contributed by atoms with Crippen LogP contribution >= 0.6 is 23.4 Å². The molecule has 14 heavy (non-hydrogen) atoms. The van der Waals surface area contributed by atoms with Gasteiger partial charge in [0.1, 0.15) is 5.92 Å². The van der Waals surface area contributed by atoms with Crippen molar-refractivity contribution in [1.82, 2.24) is 0 Å². The number of hydrogen-bond acceptors (Lipinski definition) is 3. The second-order valence-electron chi connectivity index (χ2n) is 2.82. The topological polar surface area (TPSA) is 41.8 Å². The molecule has 1 aliphatic heterocycles. The van der Waals surface area contributed by atoms with Crippen molar-refractivity contribution in [3.8, 4) is 0 Å². The molecule has 1 atom stereocenters. The fourth-order valence-electron chi connectivity index (χ4n) is 1.30. The van der Waals surface area contributed by atoms with Gasteiger partial charge in [0.25, 0.3) is 5.91 Å². The van der Waals surface area contributed by atoms with E-state index in [0.29, 0.717) is 15.9 Å². The highest BCUT2D eigenvalue weighted by Gasteiger charge is 2.31. The Morgan fingerprint density at radius 3 is 3.00 bits per heavy atom. The van der Waals surface area contributed by atoms with Crippen molar-refractivity contribution in [1.29, 1.82) is 0 Å². The fraction of sp³-hybridized carbons (Fsp3) is 0.222. The van der Waals surface area contributed by atoms with Gasteiger partial charge in [-0.3, -0.25) is 4.79 Å². The van der Waals surface area contributed by atoms with Gasteiger partial charge in [-0.25, -0.2) is 4.99 Å². The highest BCUT2D eigenvalue weighted by Crippen LogP contribution is 2.27. The normalized spacial score (nSPS) is 25.1. The van der Waals surface area contributed by atoms with Gasteiger partial charge in [-0.1, -0.05) is 29.4 Å². The highest BCUT2D eigenvalue weighted by atomic mass is 35.5. The first kappa shape index (κ1) is 9.68. The summed E-state index contributed by atoms with van der Waals surface area (Å²) < 4.78 is 0. The molecule has 72 valence electrons. The number of rotatable bonds is 0. The minimum Gasteiger partial charge on any atom is -0.271 e. The molecule has 1 aliphatic carbocycles. The summed E-state index contributed by atoms with van der Waals surface area (Å²) in [5.74, 6) is -0.706. The SMILES string of the molecule is CSC1=NC(=O)C2C(Cl)=CC=CC2=N1. The van der Waals surface area contributed by atoms with E-state index in [4.69, 9.17) is 11.6 Å². The third kappa shape index (κ3) is 1.55. The number of carbonyl (C=O) groups is 1. The van der Waals surface area contributed by atoms with Gasteiger partial charge < -0.3 is 0 Å². The van der Waals surface area contributed by atoms with Gasteiger partial charge in [0.05, 0.1) is 5.71 Å². The smallest absolute Gasteiger partial charge is 0.262 e. The molecular weight excluding hydrogens is 220 g/mol. The Kier molecular flexibility index (Phi) is 2.56. The number of fused-ring (bicyclic) bond motifs is 1. The van der Waals surface area contributed by atoms with Crippen molar-refractivity contribution in [3.05, 3.63) is 23.3 Å². The van der Waals surface area contributed by atoms with Crippen molar-refractivity contribution in [2.24, 2.45) is 15.9 Å². The third-order valence-electron chi connectivity index (χ3n) is 1.95. The molecule has 1 amide bonds. The Morgan fingerprint density at radius 1 is 1.50 bits per heavy atom. The summed E-state index contributed by atoms with van der Waals surface area (Å²) in [6, 6.07) is 0. The van der Waals surface area contributed by atoms with Crippen molar-refractivity contribution >= 4 is 40.1 Å². The van der Waals surface area contributed by atoms with Crippen LogP contribution in [0.5, 0.6) is 0 Å². The zero-order valence-corrected chi connectivity index (χ0v) is 8.97. The maximum absolute atomic E-state index is 11.6. The zero-order valence-electron chi connectivity index (χ0n) is 7.40. The predicted molar refractivity (Wildman–Crippen MR) is 60.0 cm³/mol. The van der Waals surface area contributed by atoms with Crippen LogP contribution in [-0.4, -0.2) is 23.0 Å². The summed E-state index contributed by atoms with van der Waals surface area (Å²) in [6.07, 6.45) is 7.11. The summed E-state index contributed by atoms with van der Waals surface area (Å²) in [4.78, 5) is 19.6. The quantitative estimate of drug-likeness (QED) is 0.634. The molecule has 0 aromatic heterocycles. The lowest BCUT2D eigenvalue weighted by atomic mass is 9.97. The molecule has 0 aromatic carbocycles. The van der Waals surface area contributed by atoms with Gasteiger partial charge in [-0.15, -0.1) is 0 Å². The van der Waals surface area contributed by atoms with Gasteiger partial charge in [0.15, 0.2) is 5.17 Å². The van der Waals surface area contributed by atoms with Gasteiger partial charge in [-0.2, -0.15) is 4.99 Å². The van der Waals surface area contributed by atoms with E-state index in [-0.39, 0.29) is 5.91 Å². The maximum Gasteiger partial charge on any atom is 0.262 e. The Balaban J connectivity index is 2.43. The van der Waals surface area contributed by atoms with Crippen LogP contribution in [0.25, 0.3) is 0 Å². The van der Waals surface area contributed by atoms with Gasteiger partial charge in [-0.05, 0) is 18.4 Å². The summed E-state index contributed by atoms with van der Waals surface area (Å²) in [7, 11) is 0. The van der Waals surface area contributed by atoms with Crippen LogP contribution in [0, 0.1) is 5.92 Å². The van der Waals surface area contributed by atoms with Crippen LogP contribution in [0.4, 0.5) is 0 Å². The van der Waals surface area contributed by atoms with Gasteiger partial charge in [0.2, 0.25) is 0 Å². The van der Waals surface area contributed by atoms with Crippen LogP contribution in [0.3, 0.4) is 0 Å². The standard InChI is InChI=1S/C9H7ClN2OS/c1-14-9-11-6-4-2-3-5(10)7(6)8(13)12-9/h2-4,7H,1H3. The second kappa shape index (κ2) is 3.71. The molecule has 1 unspecified atom stereocenters. The lowest BCUT2D eigenvalue weighted by Gasteiger charge is -2.19. The highest BCUT2D eigenvalue weighted by molar-refractivity contribution is 8.13. The Bertz CT molecular complexity index is 409. The largest absolute Gasteiger partial charge is 0.271 e. The molecule has 5 heteroatoms. The Morgan fingerprint density at radius 2 is 2.29 bits per heavy atom. The number of amidine groups is 1. The van der Waals surface area contributed by atoms with Crippen molar-refractivity contribution < 1.29 is 4.79 Å². The number of hydrogen-bond donors (Lipinski definition) is 0. The van der Waals surface area contributed by atoms with E-state index in [1.807, 2.05) is 6.26 Å². The second-order valence-corrected chi connectivity index (χ2v) is 4.03. The molecular formula is C9H7ClN2OS. The minimum atomic E-state index is -0.474.